The Kier molecular flexibility index (Phi) is 4.24. The molecular formula is C15H16N4O3S. The number of hydrogen-bond acceptors (Lipinski definition) is 5. The first kappa shape index (κ1) is 15.4. The summed E-state index contributed by atoms with van der Waals surface area (Å²) in [6.07, 6.45) is 4.54. The van der Waals surface area contributed by atoms with E-state index in [1.807, 2.05) is 0 Å². The molecule has 1 N–H and O–H groups in total. The molecule has 0 radical (unpaired) electrons. The number of hydrogen-bond donors (Lipinski definition) is 1. The van der Waals surface area contributed by atoms with E-state index in [0.29, 0.717) is 24.2 Å². The topological polar surface area (TPSA) is 92.3 Å². The van der Waals surface area contributed by atoms with Gasteiger partial charge in [-0.2, -0.15) is 0 Å². The summed E-state index contributed by atoms with van der Waals surface area (Å²) in [5.74, 6) is -0.0395. The zero-order valence-electron chi connectivity index (χ0n) is 12.3. The smallest absolute Gasteiger partial charge is 0.258 e. The zero-order valence-corrected chi connectivity index (χ0v) is 13.2. The summed E-state index contributed by atoms with van der Waals surface area (Å²) in [7, 11) is -3.30. The third-order valence-corrected chi connectivity index (χ3v) is 5.41. The SMILES string of the molecule is O=C(Nc1ncccn1)c1cccc(N2CCCCS2(=O)=O)c1. The van der Waals surface area contributed by atoms with Crippen LogP contribution in [0.25, 0.3) is 0 Å². The van der Waals surface area contributed by atoms with Crippen molar-refractivity contribution >= 4 is 27.6 Å². The highest BCUT2D eigenvalue weighted by molar-refractivity contribution is 7.92. The van der Waals surface area contributed by atoms with Gasteiger partial charge < -0.3 is 0 Å². The van der Waals surface area contributed by atoms with Gasteiger partial charge in [0.05, 0.1) is 11.4 Å². The second-order valence-corrected chi connectivity index (χ2v) is 7.18. The van der Waals surface area contributed by atoms with E-state index >= 15 is 0 Å². The van der Waals surface area contributed by atoms with Crippen LogP contribution in [-0.4, -0.2) is 36.6 Å². The quantitative estimate of drug-likeness (QED) is 0.923. The molecular weight excluding hydrogens is 316 g/mol. The van der Waals surface area contributed by atoms with E-state index in [4.69, 9.17) is 0 Å². The lowest BCUT2D eigenvalue weighted by atomic mass is 10.2. The zero-order chi connectivity index (χ0) is 16.3. The number of carbonyl (C=O) groups excluding carboxylic acids is 1. The molecule has 0 unspecified atom stereocenters. The van der Waals surface area contributed by atoms with Gasteiger partial charge in [-0.15, -0.1) is 0 Å². The van der Waals surface area contributed by atoms with Crippen molar-refractivity contribution < 1.29 is 13.2 Å². The van der Waals surface area contributed by atoms with Crippen LogP contribution in [0.4, 0.5) is 11.6 Å². The fraction of sp³-hybridized carbons (Fsp3) is 0.267. The molecule has 0 atom stereocenters. The number of rotatable bonds is 3. The van der Waals surface area contributed by atoms with Crippen molar-refractivity contribution in [3.05, 3.63) is 48.3 Å². The highest BCUT2D eigenvalue weighted by Crippen LogP contribution is 2.24. The van der Waals surface area contributed by atoms with Crippen molar-refractivity contribution in [2.75, 3.05) is 21.9 Å². The maximum atomic E-state index is 12.3. The maximum absolute atomic E-state index is 12.3. The van der Waals surface area contributed by atoms with Crippen LogP contribution in [0, 0.1) is 0 Å². The van der Waals surface area contributed by atoms with Gasteiger partial charge in [0.15, 0.2) is 0 Å². The minimum atomic E-state index is -3.30. The van der Waals surface area contributed by atoms with E-state index in [2.05, 4.69) is 15.3 Å². The van der Waals surface area contributed by atoms with Gasteiger partial charge >= 0.3 is 0 Å². The standard InChI is InChI=1S/C15H16N4O3S/c20-14(18-15-16-7-4-8-17-15)12-5-3-6-13(11-12)19-9-1-2-10-23(19,21)22/h3-8,11H,1-2,9-10H2,(H,16,17,18,20). The molecule has 1 aliphatic heterocycles. The molecule has 8 heteroatoms. The van der Waals surface area contributed by atoms with Gasteiger partial charge in [-0.3, -0.25) is 14.4 Å². The van der Waals surface area contributed by atoms with Crippen molar-refractivity contribution in [2.24, 2.45) is 0 Å². The van der Waals surface area contributed by atoms with Gasteiger partial charge in [0.25, 0.3) is 5.91 Å². The minimum Gasteiger partial charge on any atom is -0.290 e. The molecule has 0 aliphatic carbocycles. The lowest BCUT2D eigenvalue weighted by Crippen LogP contribution is -2.37. The van der Waals surface area contributed by atoms with Gasteiger partial charge in [0.1, 0.15) is 0 Å². The Labute approximate surface area is 134 Å². The molecule has 120 valence electrons. The third-order valence-electron chi connectivity index (χ3n) is 3.54. The molecule has 1 aliphatic rings. The third kappa shape index (κ3) is 3.48. The van der Waals surface area contributed by atoms with E-state index in [9.17, 15) is 13.2 Å². The maximum Gasteiger partial charge on any atom is 0.258 e. The Morgan fingerprint density at radius 2 is 1.91 bits per heavy atom. The van der Waals surface area contributed by atoms with Crippen LogP contribution >= 0.6 is 0 Å². The van der Waals surface area contributed by atoms with E-state index in [0.717, 1.165) is 6.42 Å². The number of anilines is 2. The van der Waals surface area contributed by atoms with Gasteiger partial charge in [-0.1, -0.05) is 6.07 Å². The molecule has 7 nitrogen and oxygen atoms in total. The second-order valence-electron chi connectivity index (χ2n) is 5.17. The average molecular weight is 332 g/mol. The van der Waals surface area contributed by atoms with E-state index in [1.54, 1.807) is 30.3 Å². The number of nitrogens with zero attached hydrogens (tertiary/aromatic N) is 3. The predicted molar refractivity (Wildman–Crippen MR) is 86.8 cm³/mol. The lowest BCUT2D eigenvalue weighted by molar-refractivity contribution is 0.102. The van der Waals surface area contributed by atoms with Crippen LogP contribution in [0.1, 0.15) is 23.2 Å². The first-order valence-corrected chi connectivity index (χ1v) is 8.86. The summed E-state index contributed by atoms with van der Waals surface area (Å²) >= 11 is 0. The van der Waals surface area contributed by atoms with E-state index in [-0.39, 0.29) is 17.6 Å². The van der Waals surface area contributed by atoms with E-state index in [1.165, 1.54) is 16.7 Å². The first-order chi connectivity index (χ1) is 11.1. The molecule has 1 saturated heterocycles. The Morgan fingerprint density at radius 1 is 1.13 bits per heavy atom. The summed E-state index contributed by atoms with van der Waals surface area (Å²) in [5.41, 5.74) is 0.863. The highest BCUT2D eigenvalue weighted by Gasteiger charge is 2.26. The molecule has 3 rings (SSSR count). The number of benzene rings is 1. The molecule has 1 amide bonds. The van der Waals surface area contributed by atoms with Crippen LogP contribution in [0.5, 0.6) is 0 Å². The van der Waals surface area contributed by atoms with Crippen LogP contribution < -0.4 is 9.62 Å². The summed E-state index contributed by atoms with van der Waals surface area (Å²) in [5, 5.41) is 2.58. The summed E-state index contributed by atoms with van der Waals surface area (Å²) in [6, 6.07) is 8.20. The fourth-order valence-electron chi connectivity index (χ4n) is 2.42. The lowest BCUT2D eigenvalue weighted by Gasteiger charge is -2.28. The van der Waals surface area contributed by atoms with Crippen LogP contribution in [-0.2, 0) is 10.0 Å². The average Bonchev–Trinajstić information content (AvgIpc) is 2.55. The Morgan fingerprint density at radius 3 is 2.65 bits per heavy atom. The van der Waals surface area contributed by atoms with Crippen LogP contribution in [0.2, 0.25) is 0 Å². The van der Waals surface area contributed by atoms with Crippen molar-refractivity contribution in [3.63, 3.8) is 0 Å². The molecule has 0 bridgehead atoms. The molecule has 1 aromatic carbocycles. The number of amides is 1. The summed E-state index contributed by atoms with van der Waals surface area (Å²) in [4.78, 5) is 20.1. The molecule has 1 fully saturated rings. The predicted octanol–water partition coefficient (Wildman–Crippen LogP) is 1.66. The Bertz CT molecular complexity index is 808. The fourth-order valence-corrected chi connectivity index (χ4v) is 4.05. The Balaban J connectivity index is 1.83. The van der Waals surface area contributed by atoms with Crippen molar-refractivity contribution in [1.29, 1.82) is 0 Å². The Hall–Kier alpha value is -2.48. The van der Waals surface area contributed by atoms with Crippen molar-refractivity contribution in [2.45, 2.75) is 12.8 Å². The van der Waals surface area contributed by atoms with Crippen molar-refractivity contribution in [3.8, 4) is 0 Å². The van der Waals surface area contributed by atoms with Gasteiger partial charge in [0, 0.05) is 24.5 Å². The molecule has 0 spiro atoms. The number of sulfonamides is 1. The number of nitrogens with one attached hydrogen (secondary N) is 1. The second kappa shape index (κ2) is 6.33. The van der Waals surface area contributed by atoms with Crippen LogP contribution in [0.3, 0.4) is 0 Å². The molecule has 2 aromatic rings. The molecule has 1 aromatic heterocycles. The number of carbonyl (C=O) groups is 1. The molecule has 23 heavy (non-hydrogen) atoms. The first-order valence-electron chi connectivity index (χ1n) is 7.25. The summed E-state index contributed by atoms with van der Waals surface area (Å²) in [6.45, 7) is 0.440. The summed E-state index contributed by atoms with van der Waals surface area (Å²) < 4.78 is 25.7. The number of aromatic nitrogens is 2. The normalized spacial score (nSPS) is 16.8. The largest absolute Gasteiger partial charge is 0.290 e. The van der Waals surface area contributed by atoms with Crippen molar-refractivity contribution in [1.82, 2.24) is 9.97 Å². The van der Waals surface area contributed by atoms with E-state index < -0.39 is 10.0 Å². The minimum absolute atomic E-state index is 0.140. The van der Waals surface area contributed by atoms with Gasteiger partial charge in [-0.25, -0.2) is 18.4 Å². The molecule has 2 heterocycles. The monoisotopic (exact) mass is 332 g/mol. The van der Waals surface area contributed by atoms with Crippen LogP contribution in [0.15, 0.2) is 42.7 Å². The highest BCUT2D eigenvalue weighted by atomic mass is 32.2. The van der Waals surface area contributed by atoms with Gasteiger partial charge in [-0.05, 0) is 37.1 Å². The molecule has 0 saturated carbocycles. The van der Waals surface area contributed by atoms with Gasteiger partial charge in [0.2, 0.25) is 16.0 Å².